The molecule has 0 aliphatic carbocycles. The molecule has 4 heteroatoms. The highest BCUT2D eigenvalue weighted by atomic mass is 16.5. The van der Waals surface area contributed by atoms with Crippen molar-refractivity contribution in [3.63, 3.8) is 0 Å². The van der Waals surface area contributed by atoms with Crippen LogP contribution in [-0.2, 0) is 12.2 Å². The topological polar surface area (TPSA) is 61.7 Å². The fourth-order valence-electron chi connectivity index (χ4n) is 2.97. The minimum Gasteiger partial charge on any atom is -0.488 e. The molecule has 1 aliphatic rings. The lowest BCUT2D eigenvalue weighted by Gasteiger charge is -2.30. The molecule has 1 heterocycles. The fourth-order valence-corrected chi connectivity index (χ4v) is 2.97. The summed E-state index contributed by atoms with van der Waals surface area (Å²) in [6, 6.07) is 13.6. The smallest absolute Gasteiger partial charge is 0.131 e. The highest BCUT2D eigenvalue weighted by Gasteiger charge is 2.37. The van der Waals surface area contributed by atoms with Gasteiger partial charge in [0.1, 0.15) is 18.0 Å². The summed E-state index contributed by atoms with van der Waals surface area (Å²) in [5, 5.41) is 23.6. The maximum absolute atomic E-state index is 11.5. The Morgan fingerprint density at radius 2 is 2.00 bits per heavy atom. The number of ether oxygens (including phenoxy) is 1. The number of rotatable bonds is 4. The largest absolute Gasteiger partial charge is 0.488 e. The molecule has 3 rings (SSSR count). The Balaban J connectivity index is 2.13. The predicted octanol–water partition coefficient (Wildman–Crippen LogP) is 1.71. The van der Waals surface area contributed by atoms with Crippen molar-refractivity contribution in [2.45, 2.75) is 19.1 Å². The van der Waals surface area contributed by atoms with Crippen molar-refractivity contribution in [1.82, 2.24) is 5.32 Å². The van der Waals surface area contributed by atoms with E-state index in [1.807, 2.05) is 49.4 Å². The van der Waals surface area contributed by atoms with Crippen molar-refractivity contribution in [2.75, 3.05) is 19.7 Å². The van der Waals surface area contributed by atoms with Gasteiger partial charge in [0.05, 0.1) is 6.61 Å². The average molecular weight is 299 g/mol. The van der Waals surface area contributed by atoms with E-state index >= 15 is 0 Å². The van der Waals surface area contributed by atoms with Crippen molar-refractivity contribution in [3.05, 3.63) is 64.7 Å². The minimum absolute atomic E-state index is 0.0366. The standard InChI is InChI=1S/C18H21NO3/c1-13-6-7-14-11-22-17-5-3-2-4-15(17)18(21,16(14)10-13)12-19-8-9-20/h2-7,10,19-21H,8-9,11-12H2,1H3. The number of aliphatic hydroxyl groups excluding tert-OH is 1. The van der Waals surface area contributed by atoms with E-state index in [-0.39, 0.29) is 6.61 Å². The van der Waals surface area contributed by atoms with Gasteiger partial charge in [-0.3, -0.25) is 0 Å². The van der Waals surface area contributed by atoms with Gasteiger partial charge < -0.3 is 20.3 Å². The number of fused-ring (bicyclic) bond motifs is 2. The molecule has 0 bridgehead atoms. The number of benzene rings is 2. The molecule has 4 nitrogen and oxygen atoms in total. The molecule has 0 radical (unpaired) electrons. The molecule has 1 aliphatic heterocycles. The van der Waals surface area contributed by atoms with Crippen molar-refractivity contribution >= 4 is 0 Å². The van der Waals surface area contributed by atoms with E-state index < -0.39 is 5.60 Å². The first-order valence-electron chi connectivity index (χ1n) is 7.51. The lowest BCUT2D eigenvalue weighted by molar-refractivity contribution is 0.0779. The molecule has 22 heavy (non-hydrogen) atoms. The molecule has 3 N–H and O–H groups in total. The summed E-state index contributed by atoms with van der Waals surface area (Å²) in [6.45, 7) is 3.25. The maximum Gasteiger partial charge on any atom is 0.131 e. The van der Waals surface area contributed by atoms with Gasteiger partial charge in [0.25, 0.3) is 0 Å². The lowest BCUT2D eigenvalue weighted by atomic mass is 9.83. The molecule has 0 amide bonds. The number of nitrogens with one attached hydrogen (secondary N) is 1. The average Bonchev–Trinajstić information content (AvgIpc) is 2.64. The fraction of sp³-hybridized carbons (Fsp3) is 0.333. The first-order valence-corrected chi connectivity index (χ1v) is 7.51. The van der Waals surface area contributed by atoms with Crippen LogP contribution in [0, 0.1) is 6.92 Å². The molecular weight excluding hydrogens is 278 g/mol. The van der Waals surface area contributed by atoms with Crippen molar-refractivity contribution in [2.24, 2.45) is 0 Å². The molecule has 0 aromatic heterocycles. The summed E-state index contributed by atoms with van der Waals surface area (Å²) in [5.41, 5.74) is 2.52. The normalized spacial score (nSPS) is 19.8. The summed E-state index contributed by atoms with van der Waals surface area (Å²) in [4.78, 5) is 0. The van der Waals surface area contributed by atoms with Crippen molar-refractivity contribution < 1.29 is 14.9 Å². The van der Waals surface area contributed by atoms with Crippen LogP contribution < -0.4 is 10.1 Å². The molecule has 1 atom stereocenters. The number of para-hydroxylation sites is 1. The maximum atomic E-state index is 11.5. The van der Waals surface area contributed by atoms with Gasteiger partial charge in [0.2, 0.25) is 0 Å². The predicted molar refractivity (Wildman–Crippen MR) is 84.9 cm³/mol. The summed E-state index contributed by atoms with van der Waals surface area (Å²) in [5.74, 6) is 0.699. The van der Waals surface area contributed by atoms with Crippen LogP contribution in [0.1, 0.15) is 22.3 Å². The second-order valence-electron chi connectivity index (χ2n) is 5.71. The van der Waals surface area contributed by atoms with Gasteiger partial charge >= 0.3 is 0 Å². The molecule has 2 aromatic rings. The number of aryl methyl sites for hydroxylation is 1. The second kappa shape index (κ2) is 6.08. The van der Waals surface area contributed by atoms with Crippen LogP contribution >= 0.6 is 0 Å². The highest BCUT2D eigenvalue weighted by molar-refractivity contribution is 5.50. The first kappa shape index (κ1) is 15.0. The van der Waals surface area contributed by atoms with E-state index in [0.29, 0.717) is 25.4 Å². The third-order valence-electron chi connectivity index (χ3n) is 4.10. The van der Waals surface area contributed by atoms with E-state index in [1.165, 1.54) is 0 Å². The summed E-state index contributed by atoms with van der Waals surface area (Å²) >= 11 is 0. The van der Waals surface area contributed by atoms with Crippen LogP contribution in [0.4, 0.5) is 0 Å². The third kappa shape index (κ3) is 2.61. The lowest BCUT2D eigenvalue weighted by Crippen LogP contribution is -2.40. The van der Waals surface area contributed by atoms with Crippen molar-refractivity contribution in [3.8, 4) is 5.75 Å². The Bertz CT molecular complexity index is 671. The molecule has 0 saturated heterocycles. The number of hydrogen-bond donors (Lipinski definition) is 3. The van der Waals surface area contributed by atoms with Crippen LogP contribution in [0.3, 0.4) is 0 Å². The zero-order chi connectivity index (χ0) is 15.6. The van der Waals surface area contributed by atoms with Gasteiger partial charge in [0, 0.05) is 18.7 Å². The molecule has 2 aromatic carbocycles. The van der Waals surface area contributed by atoms with Gasteiger partial charge in [-0.1, -0.05) is 42.0 Å². The van der Waals surface area contributed by atoms with Gasteiger partial charge in [-0.2, -0.15) is 0 Å². The Hall–Kier alpha value is -1.88. The van der Waals surface area contributed by atoms with E-state index in [2.05, 4.69) is 5.32 Å². The Kier molecular flexibility index (Phi) is 4.16. The Labute approximate surface area is 130 Å². The van der Waals surface area contributed by atoms with Gasteiger partial charge in [-0.25, -0.2) is 0 Å². The number of aliphatic hydroxyl groups is 2. The molecule has 116 valence electrons. The van der Waals surface area contributed by atoms with Gasteiger partial charge in [-0.15, -0.1) is 0 Å². The molecular formula is C18H21NO3. The number of hydrogen-bond acceptors (Lipinski definition) is 4. The first-order chi connectivity index (χ1) is 10.6. The summed E-state index contributed by atoms with van der Waals surface area (Å²) < 4.78 is 5.88. The monoisotopic (exact) mass is 299 g/mol. The van der Waals surface area contributed by atoms with Gasteiger partial charge in [0.15, 0.2) is 0 Å². The minimum atomic E-state index is -1.18. The van der Waals surface area contributed by atoms with Crippen molar-refractivity contribution in [1.29, 1.82) is 0 Å². The second-order valence-corrected chi connectivity index (χ2v) is 5.71. The molecule has 0 saturated carbocycles. The molecule has 0 spiro atoms. The van der Waals surface area contributed by atoms with Crippen LogP contribution in [-0.4, -0.2) is 29.9 Å². The molecule has 1 unspecified atom stereocenters. The third-order valence-corrected chi connectivity index (χ3v) is 4.10. The Morgan fingerprint density at radius 1 is 1.18 bits per heavy atom. The molecule has 0 fully saturated rings. The summed E-state index contributed by atoms with van der Waals surface area (Å²) in [6.07, 6.45) is 0. The van der Waals surface area contributed by atoms with Gasteiger partial charge in [-0.05, 0) is 24.1 Å². The van der Waals surface area contributed by atoms with E-state index in [4.69, 9.17) is 9.84 Å². The highest BCUT2D eigenvalue weighted by Crippen LogP contribution is 2.40. The SMILES string of the molecule is Cc1ccc2c(c1)C(O)(CNCCO)c1ccccc1OC2. The van der Waals surface area contributed by atoms with E-state index in [1.54, 1.807) is 0 Å². The van der Waals surface area contributed by atoms with Crippen LogP contribution in [0.25, 0.3) is 0 Å². The van der Waals surface area contributed by atoms with E-state index in [9.17, 15) is 5.11 Å². The van der Waals surface area contributed by atoms with Crippen LogP contribution in [0.2, 0.25) is 0 Å². The quantitative estimate of drug-likeness (QED) is 0.752. The van der Waals surface area contributed by atoms with Crippen LogP contribution in [0.15, 0.2) is 42.5 Å². The zero-order valence-electron chi connectivity index (χ0n) is 12.7. The zero-order valence-corrected chi connectivity index (χ0v) is 12.7. The Morgan fingerprint density at radius 3 is 2.82 bits per heavy atom. The van der Waals surface area contributed by atoms with Crippen LogP contribution in [0.5, 0.6) is 5.75 Å². The van der Waals surface area contributed by atoms with E-state index in [0.717, 1.165) is 22.3 Å². The summed E-state index contributed by atoms with van der Waals surface area (Å²) in [7, 11) is 0.